The van der Waals surface area contributed by atoms with Gasteiger partial charge in [-0.25, -0.2) is 4.98 Å². The zero-order valence-electron chi connectivity index (χ0n) is 11.6. The molecule has 1 aromatic heterocycles. The third-order valence-corrected chi connectivity index (χ3v) is 2.50. The van der Waals surface area contributed by atoms with Gasteiger partial charge in [-0.3, -0.25) is 9.89 Å². The molecule has 0 aromatic carbocycles. The molecule has 0 atom stereocenters. The molecule has 108 valence electrons. The van der Waals surface area contributed by atoms with E-state index in [0.717, 1.165) is 25.1 Å². The van der Waals surface area contributed by atoms with E-state index in [4.69, 9.17) is 9.47 Å². The summed E-state index contributed by atoms with van der Waals surface area (Å²) in [7, 11) is 1.64. The van der Waals surface area contributed by atoms with E-state index in [2.05, 4.69) is 20.5 Å². The van der Waals surface area contributed by atoms with Crippen LogP contribution in [0.5, 0.6) is 0 Å². The number of rotatable bonds is 10. The van der Waals surface area contributed by atoms with E-state index >= 15 is 0 Å². The predicted molar refractivity (Wildman–Crippen MR) is 70.0 cm³/mol. The quantitative estimate of drug-likeness (QED) is 0.606. The van der Waals surface area contributed by atoms with E-state index in [1.165, 1.54) is 0 Å². The number of amides is 1. The Morgan fingerprint density at radius 3 is 2.84 bits per heavy atom. The first-order valence-corrected chi connectivity index (χ1v) is 6.54. The molecule has 1 heterocycles. The lowest BCUT2D eigenvalue weighted by Crippen LogP contribution is -2.25. The minimum absolute atomic E-state index is 0.202. The zero-order valence-corrected chi connectivity index (χ0v) is 11.6. The van der Waals surface area contributed by atoms with Gasteiger partial charge in [-0.1, -0.05) is 6.92 Å². The number of ether oxygens (including phenoxy) is 2. The topological polar surface area (TPSA) is 89.1 Å². The SMILES string of the molecule is CCc1nc(C(=O)NCCCCOCCOC)n[nH]1. The molecule has 0 radical (unpaired) electrons. The number of nitrogens with one attached hydrogen (secondary N) is 2. The molecule has 2 N–H and O–H groups in total. The molecule has 1 aromatic rings. The van der Waals surface area contributed by atoms with Crippen molar-refractivity contribution in [2.45, 2.75) is 26.2 Å². The van der Waals surface area contributed by atoms with Crippen LogP contribution in [0.25, 0.3) is 0 Å². The summed E-state index contributed by atoms with van der Waals surface area (Å²) >= 11 is 0. The number of carbonyl (C=O) groups excluding carboxylic acids is 1. The standard InChI is InChI=1S/C12H22N4O3/c1-3-10-14-11(16-15-10)12(17)13-6-4-5-7-19-9-8-18-2/h3-9H2,1-2H3,(H,13,17)(H,14,15,16). The van der Waals surface area contributed by atoms with Crippen molar-refractivity contribution in [3.8, 4) is 0 Å². The monoisotopic (exact) mass is 270 g/mol. The number of nitrogens with zero attached hydrogens (tertiary/aromatic N) is 2. The number of aromatic nitrogens is 3. The number of unbranched alkanes of at least 4 members (excludes halogenated alkanes) is 1. The summed E-state index contributed by atoms with van der Waals surface area (Å²) in [5.41, 5.74) is 0. The molecule has 19 heavy (non-hydrogen) atoms. The maximum absolute atomic E-state index is 11.6. The van der Waals surface area contributed by atoms with Crippen molar-refractivity contribution in [1.29, 1.82) is 0 Å². The average molecular weight is 270 g/mol. The fourth-order valence-corrected chi connectivity index (χ4v) is 1.41. The lowest BCUT2D eigenvalue weighted by atomic mass is 10.3. The highest BCUT2D eigenvalue weighted by Crippen LogP contribution is 1.94. The molecule has 0 aliphatic heterocycles. The number of aromatic amines is 1. The van der Waals surface area contributed by atoms with Crippen molar-refractivity contribution in [3.05, 3.63) is 11.6 Å². The average Bonchev–Trinajstić information content (AvgIpc) is 2.90. The second-order valence-electron chi connectivity index (χ2n) is 4.03. The van der Waals surface area contributed by atoms with Crippen LogP contribution in [-0.2, 0) is 15.9 Å². The lowest BCUT2D eigenvalue weighted by Gasteiger charge is -2.04. The number of methoxy groups -OCH3 is 1. The number of carbonyl (C=O) groups is 1. The first kappa shape index (κ1) is 15.6. The molecule has 0 unspecified atom stereocenters. The Kier molecular flexibility index (Phi) is 7.76. The second kappa shape index (κ2) is 9.46. The molecular formula is C12H22N4O3. The van der Waals surface area contributed by atoms with Crippen LogP contribution in [0.1, 0.15) is 36.2 Å². The Hall–Kier alpha value is -1.47. The molecule has 0 fully saturated rings. The van der Waals surface area contributed by atoms with E-state index in [9.17, 15) is 4.79 Å². The van der Waals surface area contributed by atoms with Crippen molar-refractivity contribution in [2.75, 3.05) is 33.5 Å². The van der Waals surface area contributed by atoms with Gasteiger partial charge in [0.15, 0.2) is 0 Å². The number of hydrogen-bond donors (Lipinski definition) is 2. The van der Waals surface area contributed by atoms with Gasteiger partial charge in [0.05, 0.1) is 13.2 Å². The maximum Gasteiger partial charge on any atom is 0.290 e. The van der Waals surface area contributed by atoms with Gasteiger partial charge < -0.3 is 14.8 Å². The molecule has 7 heteroatoms. The van der Waals surface area contributed by atoms with E-state index in [-0.39, 0.29) is 11.7 Å². The minimum Gasteiger partial charge on any atom is -0.382 e. The first-order valence-electron chi connectivity index (χ1n) is 6.54. The van der Waals surface area contributed by atoms with Crippen LogP contribution in [0.4, 0.5) is 0 Å². The van der Waals surface area contributed by atoms with Crippen LogP contribution in [-0.4, -0.2) is 54.6 Å². The Morgan fingerprint density at radius 2 is 2.16 bits per heavy atom. The zero-order chi connectivity index (χ0) is 13.9. The highest BCUT2D eigenvalue weighted by atomic mass is 16.5. The van der Waals surface area contributed by atoms with Crippen molar-refractivity contribution in [2.24, 2.45) is 0 Å². The van der Waals surface area contributed by atoms with E-state index in [1.807, 2.05) is 6.92 Å². The Bertz CT molecular complexity index is 368. The van der Waals surface area contributed by atoms with Crippen LogP contribution >= 0.6 is 0 Å². The summed E-state index contributed by atoms with van der Waals surface area (Å²) in [6.45, 7) is 4.45. The number of hydrogen-bond acceptors (Lipinski definition) is 5. The van der Waals surface area contributed by atoms with Crippen LogP contribution in [0.15, 0.2) is 0 Å². The molecule has 0 saturated heterocycles. The van der Waals surface area contributed by atoms with Crippen molar-refractivity contribution >= 4 is 5.91 Å². The smallest absolute Gasteiger partial charge is 0.290 e. The van der Waals surface area contributed by atoms with E-state index in [0.29, 0.717) is 26.4 Å². The van der Waals surface area contributed by atoms with Crippen molar-refractivity contribution in [3.63, 3.8) is 0 Å². The number of aryl methyl sites for hydroxylation is 1. The number of H-pyrrole nitrogens is 1. The summed E-state index contributed by atoms with van der Waals surface area (Å²) < 4.78 is 10.2. The van der Waals surface area contributed by atoms with Gasteiger partial charge in [-0.05, 0) is 12.8 Å². The van der Waals surface area contributed by atoms with Crippen LogP contribution in [0.2, 0.25) is 0 Å². The van der Waals surface area contributed by atoms with Gasteiger partial charge in [-0.2, -0.15) is 0 Å². The second-order valence-corrected chi connectivity index (χ2v) is 4.03. The lowest BCUT2D eigenvalue weighted by molar-refractivity contribution is 0.0686. The first-order chi connectivity index (χ1) is 9.27. The summed E-state index contributed by atoms with van der Waals surface area (Å²) in [5, 5.41) is 9.34. The largest absolute Gasteiger partial charge is 0.382 e. The van der Waals surface area contributed by atoms with E-state index in [1.54, 1.807) is 7.11 Å². The summed E-state index contributed by atoms with van der Waals surface area (Å²) in [5.74, 6) is 0.682. The normalized spacial score (nSPS) is 10.6. The third-order valence-electron chi connectivity index (χ3n) is 2.50. The molecule has 1 rings (SSSR count). The van der Waals surface area contributed by atoms with Gasteiger partial charge in [-0.15, -0.1) is 5.10 Å². The highest BCUT2D eigenvalue weighted by Gasteiger charge is 2.10. The molecule has 0 bridgehead atoms. The maximum atomic E-state index is 11.6. The van der Waals surface area contributed by atoms with Gasteiger partial charge in [0.25, 0.3) is 5.91 Å². The van der Waals surface area contributed by atoms with Crippen LogP contribution < -0.4 is 5.32 Å². The van der Waals surface area contributed by atoms with Crippen molar-refractivity contribution < 1.29 is 14.3 Å². The summed E-state index contributed by atoms with van der Waals surface area (Å²) in [4.78, 5) is 15.7. The molecule has 1 amide bonds. The third kappa shape index (κ3) is 6.30. The molecule has 0 aliphatic rings. The van der Waals surface area contributed by atoms with Gasteiger partial charge in [0.1, 0.15) is 5.82 Å². The van der Waals surface area contributed by atoms with Crippen molar-refractivity contribution in [1.82, 2.24) is 20.5 Å². The van der Waals surface area contributed by atoms with E-state index < -0.39 is 0 Å². The predicted octanol–water partition coefficient (Wildman–Crippen LogP) is 0.540. The van der Waals surface area contributed by atoms with Gasteiger partial charge in [0, 0.05) is 26.7 Å². The summed E-state index contributed by atoms with van der Waals surface area (Å²) in [6, 6.07) is 0. The molecular weight excluding hydrogens is 248 g/mol. The molecule has 0 aliphatic carbocycles. The fourth-order valence-electron chi connectivity index (χ4n) is 1.41. The molecule has 0 spiro atoms. The van der Waals surface area contributed by atoms with Gasteiger partial charge in [0.2, 0.25) is 5.82 Å². The van der Waals surface area contributed by atoms with Crippen LogP contribution in [0.3, 0.4) is 0 Å². The Labute approximate surface area is 113 Å². The molecule has 0 saturated carbocycles. The summed E-state index contributed by atoms with van der Waals surface area (Å²) in [6.07, 6.45) is 2.50. The van der Waals surface area contributed by atoms with Gasteiger partial charge >= 0.3 is 0 Å². The fraction of sp³-hybridized carbons (Fsp3) is 0.750. The molecule has 7 nitrogen and oxygen atoms in total. The Morgan fingerprint density at radius 1 is 1.32 bits per heavy atom. The highest BCUT2D eigenvalue weighted by molar-refractivity contribution is 5.90. The van der Waals surface area contributed by atoms with Crippen LogP contribution in [0, 0.1) is 0 Å². The Balaban J connectivity index is 2.04. The minimum atomic E-state index is -0.240.